The maximum absolute atomic E-state index is 12.5. The van der Waals surface area contributed by atoms with Gasteiger partial charge >= 0.3 is 6.18 Å². The van der Waals surface area contributed by atoms with E-state index in [1.807, 2.05) is 0 Å². The quantitative estimate of drug-likeness (QED) is 0.894. The van der Waals surface area contributed by atoms with E-state index in [0.29, 0.717) is 18.5 Å². The van der Waals surface area contributed by atoms with Gasteiger partial charge in [-0.2, -0.15) is 13.2 Å². The fraction of sp³-hybridized carbons (Fsp3) is 0.529. The molecule has 2 rings (SSSR count). The summed E-state index contributed by atoms with van der Waals surface area (Å²) in [6, 6.07) is 4.68. The van der Waals surface area contributed by atoms with Gasteiger partial charge in [-0.1, -0.05) is 12.1 Å². The first-order valence-electron chi connectivity index (χ1n) is 8.01. The molecule has 0 saturated carbocycles. The van der Waals surface area contributed by atoms with Crippen LogP contribution in [0.5, 0.6) is 0 Å². The van der Waals surface area contributed by atoms with Crippen LogP contribution in [0.1, 0.15) is 43.2 Å². The molecule has 1 saturated heterocycles. The van der Waals surface area contributed by atoms with E-state index in [0.717, 1.165) is 31.4 Å². The molecule has 0 spiro atoms. The first-order chi connectivity index (χ1) is 11.3. The van der Waals surface area contributed by atoms with Crippen molar-refractivity contribution in [2.24, 2.45) is 5.73 Å². The van der Waals surface area contributed by atoms with E-state index in [1.54, 1.807) is 4.90 Å². The van der Waals surface area contributed by atoms with E-state index < -0.39 is 17.6 Å². The Morgan fingerprint density at radius 3 is 2.42 bits per heavy atom. The van der Waals surface area contributed by atoms with Gasteiger partial charge in [0.15, 0.2) is 0 Å². The lowest BCUT2D eigenvalue weighted by molar-refractivity contribution is -0.138. The summed E-state index contributed by atoms with van der Waals surface area (Å²) in [5.74, 6) is -0.511. The number of piperidine rings is 1. The zero-order valence-electron chi connectivity index (χ0n) is 13.3. The topological polar surface area (TPSA) is 63.4 Å². The Morgan fingerprint density at radius 1 is 1.17 bits per heavy atom. The monoisotopic (exact) mass is 342 g/mol. The Kier molecular flexibility index (Phi) is 5.85. The van der Waals surface area contributed by atoms with Crippen molar-refractivity contribution in [1.29, 1.82) is 0 Å². The maximum atomic E-state index is 12.5. The molecule has 1 aromatic rings. The fourth-order valence-electron chi connectivity index (χ4n) is 3.03. The Hall–Kier alpha value is -2.05. The van der Waals surface area contributed by atoms with Crippen molar-refractivity contribution in [1.82, 2.24) is 4.90 Å². The first-order valence-corrected chi connectivity index (χ1v) is 8.01. The van der Waals surface area contributed by atoms with Gasteiger partial charge in [0, 0.05) is 25.4 Å². The molecule has 0 bridgehead atoms. The second-order valence-electron chi connectivity index (χ2n) is 6.10. The zero-order valence-corrected chi connectivity index (χ0v) is 13.3. The summed E-state index contributed by atoms with van der Waals surface area (Å²) in [6.45, 7) is 0.601. The molecule has 132 valence electrons. The summed E-state index contributed by atoms with van der Waals surface area (Å²) < 4.78 is 37.6. The van der Waals surface area contributed by atoms with E-state index in [9.17, 15) is 22.8 Å². The molecule has 7 heteroatoms. The van der Waals surface area contributed by atoms with Crippen molar-refractivity contribution in [3.05, 3.63) is 35.4 Å². The van der Waals surface area contributed by atoms with Crippen LogP contribution < -0.4 is 5.73 Å². The van der Waals surface area contributed by atoms with Crippen LogP contribution in [0.3, 0.4) is 0 Å². The maximum Gasteiger partial charge on any atom is 0.416 e. The largest absolute Gasteiger partial charge is 0.416 e. The Morgan fingerprint density at radius 2 is 1.83 bits per heavy atom. The van der Waals surface area contributed by atoms with Gasteiger partial charge in [-0.3, -0.25) is 9.59 Å². The molecule has 1 unspecified atom stereocenters. The lowest BCUT2D eigenvalue weighted by atomic mass is 9.98. The fourth-order valence-corrected chi connectivity index (χ4v) is 3.03. The molecule has 4 nitrogen and oxygen atoms in total. The minimum absolute atomic E-state index is 0.0825. The SMILES string of the molecule is NC(=O)CC1CCCCN1C(=O)CCc1ccc(C(F)(F)F)cc1. The van der Waals surface area contributed by atoms with Crippen LogP contribution in [-0.2, 0) is 22.2 Å². The van der Waals surface area contributed by atoms with Crippen LogP contribution in [0.15, 0.2) is 24.3 Å². The highest BCUT2D eigenvalue weighted by molar-refractivity contribution is 5.79. The number of alkyl halides is 3. The molecule has 2 N–H and O–H groups in total. The Labute approximate surface area is 138 Å². The first kappa shape index (κ1) is 18.3. The van der Waals surface area contributed by atoms with Crippen molar-refractivity contribution in [2.45, 2.75) is 50.7 Å². The molecule has 1 aliphatic heterocycles. The summed E-state index contributed by atoms with van der Waals surface area (Å²) in [5, 5.41) is 0. The third kappa shape index (κ3) is 4.97. The highest BCUT2D eigenvalue weighted by Gasteiger charge is 2.30. The number of nitrogens with zero attached hydrogens (tertiary/aromatic N) is 1. The molecule has 2 amide bonds. The highest BCUT2D eigenvalue weighted by Crippen LogP contribution is 2.29. The number of nitrogens with two attached hydrogens (primary N) is 1. The predicted octanol–water partition coefficient (Wildman–Crippen LogP) is 2.89. The standard InChI is InChI=1S/C17H21F3N2O2/c18-17(19,20)13-7-4-12(5-8-13)6-9-16(24)22-10-2-1-3-14(22)11-15(21)23/h4-5,7-8,14H,1-3,6,9-11H2,(H2,21,23). The number of aryl methyl sites for hydroxylation is 1. The zero-order chi connectivity index (χ0) is 17.7. The third-order valence-corrected chi connectivity index (χ3v) is 4.29. The molecule has 0 aliphatic carbocycles. The summed E-state index contributed by atoms with van der Waals surface area (Å²) >= 11 is 0. The van der Waals surface area contributed by atoms with Crippen molar-refractivity contribution in [3.8, 4) is 0 Å². The third-order valence-electron chi connectivity index (χ3n) is 4.29. The molecule has 1 fully saturated rings. The van der Waals surface area contributed by atoms with Crippen LogP contribution in [0, 0.1) is 0 Å². The van der Waals surface area contributed by atoms with Crippen molar-refractivity contribution >= 4 is 11.8 Å². The van der Waals surface area contributed by atoms with Crippen LogP contribution in [0.25, 0.3) is 0 Å². The molecule has 1 aromatic carbocycles. The minimum atomic E-state index is -4.36. The molecule has 1 atom stereocenters. The van der Waals surface area contributed by atoms with Crippen molar-refractivity contribution in [2.75, 3.05) is 6.54 Å². The van der Waals surface area contributed by atoms with Gasteiger partial charge in [0.25, 0.3) is 0 Å². The Balaban J connectivity index is 1.92. The molecular formula is C17H21F3N2O2. The number of hydrogen-bond acceptors (Lipinski definition) is 2. The number of hydrogen-bond donors (Lipinski definition) is 1. The van der Waals surface area contributed by atoms with E-state index >= 15 is 0 Å². The van der Waals surface area contributed by atoms with Crippen LogP contribution in [0.4, 0.5) is 13.2 Å². The van der Waals surface area contributed by atoms with Gasteiger partial charge in [0.2, 0.25) is 11.8 Å². The normalized spacial score (nSPS) is 18.5. The number of carbonyl (C=O) groups is 2. The average molecular weight is 342 g/mol. The smallest absolute Gasteiger partial charge is 0.370 e. The van der Waals surface area contributed by atoms with Crippen LogP contribution >= 0.6 is 0 Å². The van der Waals surface area contributed by atoms with Gasteiger partial charge < -0.3 is 10.6 Å². The lowest BCUT2D eigenvalue weighted by Crippen LogP contribution is -2.45. The summed E-state index contributed by atoms with van der Waals surface area (Å²) in [5.41, 5.74) is 5.21. The number of amides is 2. The number of rotatable bonds is 5. The van der Waals surface area contributed by atoms with Crippen molar-refractivity contribution in [3.63, 3.8) is 0 Å². The van der Waals surface area contributed by atoms with Crippen molar-refractivity contribution < 1.29 is 22.8 Å². The minimum Gasteiger partial charge on any atom is -0.370 e. The number of likely N-dealkylation sites (tertiary alicyclic amines) is 1. The van der Waals surface area contributed by atoms with E-state index in [4.69, 9.17) is 5.73 Å². The molecule has 1 heterocycles. The summed E-state index contributed by atoms with van der Waals surface area (Å²) in [4.78, 5) is 25.2. The van der Waals surface area contributed by atoms with Crippen LogP contribution in [0.2, 0.25) is 0 Å². The van der Waals surface area contributed by atoms with Crippen LogP contribution in [-0.4, -0.2) is 29.3 Å². The second kappa shape index (κ2) is 7.68. The Bertz CT molecular complexity index is 584. The summed E-state index contributed by atoms with van der Waals surface area (Å²) in [7, 11) is 0. The van der Waals surface area contributed by atoms with Gasteiger partial charge in [-0.25, -0.2) is 0 Å². The number of primary amides is 1. The predicted molar refractivity (Wildman–Crippen MR) is 82.9 cm³/mol. The second-order valence-corrected chi connectivity index (χ2v) is 6.10. The number of carbonyl (C=O) groups excluding carboxylic acids is 2. The van der Waals surface area contributed by atoms with Gasteiger partial charge in [-0.05, 0) is 43.4 Å². The average Bonchev–Trinajstić information content (AvgIpc) is 2.52. The van der Waals surface area contributed by atoms with Gasteiger partial charge in [0.1, 0.15) is 0 Å². The van der Waals surface area contributed by atoms with Gasteiger partial charge in [-0.15, -0.1) is 0 Å². The molecule has 0 radical (unpaired) electrons. The van der Waals surface area contributed by atoms with E-state index in [-0.39, 0.29) is 24.8 Å². The number of benzene rings is 1. The molecule has 0 aromatic heterocycles. The molecule has 1 aliphatic rings. The van der Waals surface area contributed by atoms with E-state index in [2.05, 4.69) is 0 Å². The molecule has 24 heavy (non-hydrogen) atoms. The number of halogens is 3. The highest BCUT2D eigenvalue weighted by atomic mass is 19.4. The summed E-state index contributed by atoms with van der Waals surface area (Å²) in [6.07, 6.45) is -1.01. The van der Waals surface area contributed by atoms with Gasteiger partial charge in [0.05, 0.1) is 5.56 Å². The lowest BCUT2D eigenvalue weighted by Gasteiger charge is -2.35. The van der Waals surface area contributed by atoms with E-state index in [1.165, 1.54) is 12.1 Å². The molecular weight excluding hydrogens is 321 g/mol.